The van der Waals surface area contributed by atoms with Crippen molar-refractivity contribution < 1.29 is 18.7 Å². The zero-order valence-electron chi connectivity index (χ0n) is 6.42. The van der Waals surface area contributed by atoms with Crippen LogP contribution in [0.15, 0.2) is 17.1 Å². The van der Waals surface area contributed by atoms with E-state index in [4.69, 9.17) is 5.11 Å². The molecule has 0 saturated carbocycles. The zero-order valence-corrected chi connectivity index (χ0v) is 6.42. The van der Waals surface area contributed by atoms with Crippen molar-refractivity contribution in [2.24, 2.45) is 4.99 Å². The Balaban J connectivity index is 3.05. The number of phenols is 1. The maximum atomic E-state index is 12.6. The molecule has 0 aliphatic heterocycles. The van der Waals surface area contributed by atoms with E-state index >= 15 is 0 Å². The minimum Gasteiger partial charge on any atom is -0.503 e. The van der Waals surface area contributed by atoms with Gasteiger partial charge in [0.25, 0.3) is 0 Å². The lowest BCUT2D eigenvalue weighted by atomic mass is 10.2. The monoisotopic (exact) mass is 185 g/mol. The summed E-state index contributed by atoms with van der Waals surface area (Å²) in [5.41, 5.74) is 0.163. The van der Waals surface area contributed by atoms with Gasteiger partial charge in [0.2, 0.25) is 6.08 Å². The maximum Gasteiger partial charge on any atom is 0.235 e. The largest absolute Gasteiger partial charge is 0.503 e. The van der Waals surface area contributed by atoms with Crippen LogP contribution in [0.5, 0.6) is 5.75 Å². The van der Waals surface area contributed by atoms with Crippen molar-refractivity contribution in [3.05, 3.63) is 29.3 Å². The highest BCUT2D eigenvalue weighted by Crippen LogP contribution is 2.21. The highest BCUT2D eigenvalue weighted by atomic mass is 19.1. The van der Waals surface area contributed by atoms with Gasteiger partial charge in [0.15, 0.2) is 17.4 Å². The Bertz CT molecular complexity index is 349. The average molecular weight is 185 g/mol. The summed E-state index contributed by atoms with van der Waals surface area (Å²) >= 11 is 0. The van der Waals surface area contributed by atoms with Crippen LogP contribution in [-0.2, 0) is 11.3 Å². The summed E-state index contributed by atoms with van der Waals surface area (Å²) in [6.07, 6.45) is 1.24. The summed E-state index contributed by atoms with van der Waals surface area (Å²) in [4.78, 5) is 12.8. The number of carbonyl (C=O) groups excluding carboxylic acids is 1. The number of hydrogen-bond donors (Lipinski definition) is 1. The molecule has 0 aliphatic carbocycles. The zero-order chi connectivity index (χ0) is 9.84. The van der Waals surface area contributed by atoms with E-state index in [1.54, 1.807) is 0 Å². The predicted molar refractivity (Wildman–Crippen MR) is 39.8 cm³/mol. The summed E-state index contributed by atoms with van der Waals surface area (Å²) in [6, 6.07) is 1.80. The van der Waals surface area contributed by atoms with E-state index in [1.807, 2.05) is 0 Å². The van der Waals surface area contributed by atoms with Crippen molar-refractivity contribution in [1.29, 1.82) is 0 Å². The number of aromatic hydroxyl groups is 1. The average Bonchev–Trinajstić information content (AvgIpc) is 2.10. The third kappa shape index (κ3) is 2.10. The Kier molecular flexibility index (Phi) is 2.72. The highest BCUT2D eigenvalue weighted by molar-refractivity contribution is 5.35. The van der Waals surface area contributed by atoms with Gasteiger partial charge in [0.05, 0.1) is 6.54 Å². The Labute approximate surface area is 72.3 Å². The second-order valence-corrected chi connectivity index (χ2v) is 2.32. The summed E-state index contributed by atoms with van der Waals surface area (Å²) in [5, 5.41) is 8.70. The van der Waals surface area contributed by atoms with Crippen LogP contribution in [0.25, 0.3) is 0 Å². The van der Waals surface area contributed by atoms with E-state index in [0.717, 1.165) is 12.1 Å². The standard InChI is InChI=1S/C8H5F2NO2/c9-6-1-5(3-11-4-12)2-7(10)8(6)13/h1-2,13H,3H2. The molecule has 0 radical (unpaired) electrons. The molecular weight excluding hydrogens is 180 g/mol. The molecule has 68 valence electrons. The van der Waals surface area contributed by atoms with Crippen LogP contribution < -0.4 is 0 Å². The number of benzene rings is 1. The number of phenolic OH excluding ortho intramolecular Hbond substituents is 1. The molecule has 0 atom stereocenters. The minimum atomic E-state index is -1.07. The fourth-order valence-corrected chi connectivity index (χ4v) is 0.833. The van der Waals surface area contributed by atoms with E-state index in [9.17, 15) is 13.6 Å². The second kappa shape index (κ2) is 3.78. The first-order chi connectivity index (χ1) is 6.15. The molecule has 3 nitrogen and oxygen atoms in total. The third-order valence-corrected chi connectivity index (χ3v) is 1.40. The molecule has 0 bridgehead atoms. The lowest BCUT2D eigenvalue weighted by molar-refractivity contribution is 0.395. The van der Waals surface area contributed by atoms with Crippen LogP contribution in [0, 0.1) is 11.6 Å². The molecule has 0 spiro atoms. The SMILES string of the molecule is O=C=NCc1cc(F)c(O)c(F)c1. The fraction of sp³-hybridized carbons (Fsp3) is 0.125. The normalized spacial score (nSPS) is 9.38. The lowest BCUT2D eigenvalue weighted by Crippen LogP contribution is -1.88. The second-order valence-electron chi connectivity index (χ2n) is 2.32. The Morgan fingerprint density at radius 1 is 1.38 bits per heavy atom. The molecule has 0 aliphatic rings. The van der Waals surface area contributed by atoms with Gasteiger partial charge in [-0.2, -0.15) is 0 Å². The van der Waals surface area contributed by atoms with E-state index < -0.39 is 17.4 Å². The van der Waals surface area contributed by atoms with Crippen LogP contribution in [-0.4, -0.2) is 11.2 Å². The molecule has 0 fully saturated rings. The van der Waals surface area contributed by atoms with Gasteiger partial charge in [0, 0.05) is 0 Å². The Morgan fingerprint density at radius 2 is 1.92 bits per heavy atom. The summed E-state index contributed by atoms with van der Waals surface area (Å²) < 4.78 is 25.3. The van der Waals surface area contributed by atoms with Crippen molar-refractivity contribution in [2.75, 3.05) is 0 Å². The summed E-state index contributed by atoms with van der Waals surface area (Å²) in [6.45, 7) is -0.155. The van der Waals surface area contributed by atoms with Gasteiger partial charge in [-0.15, -0.1) is 0 Å². The molecule has 0 unspecified atom stereocenters. The topological polar surface area (TPSA) is 49.7 Å². The van der Waals surface area contributed by atoms with Crippen molar-refractivity contribution in [1.82, 2.24) is 0 Å². The Morgan fingerprint density at radius 3 is 2.38 bits per heavy atom. The number of nitrogens with zero attached hydrogens (tertiary/aromatic N) is 1. The van der Waals surface area contributed by atoms with Crippen molar-refractivity contribution in [2.45, 2.75) is 6.54 Å². The van der Waals surface area contributed by atoms with E-state index in [-0.39, 0.29) is 12.1 Å². The number of halogens is 2. The van der Waals surface area contributed by atoms with E-state index in [1.165, 1.54) is 6.08 Å². The van der Waals surface area contributed by atoms with Gasteiger partial charge in [-0.1, -0.05) is 0 Å². The first kappa shape index (κ1) is 9.35. The first-order valence-electron chi connectivity index (χ1n) is 3.35. The molecule has 0 heterocycles. The van der Waals surface area contributed by atoms with E-state index in [0.29, 0.717) is 0 Å². The quantitative estimate of drug-likeness (QED) is 0.560. The van der Waals surface area contributed by atoms with Gasteiger partial charge in [-0.3, -0.25) is 0 Å². The Hall–Kier alpha value is -1.74. The maximum absolute atomic E-state index is 12.6. The van der Waals surface area contributed by atoms with Crippen LogP contribution in [0.1, 0.15) is 5.56 Å². The summed E-state index contributed by atoms with van der Waals surface area (Å²) in [5.74, 6) is -3.17. The number of rotatable bonds is 2. The summed E-state index contributed by atoms with van der Waals surface area (Å²) in [7, 11) is 0. The molecular formula is C8H5F2NO2. The predicted octanol–water partition coefficient (Wildman–Crippen LogP) is 1.51. The van der Waals surface area contributed by atoms with Gasteiger partial charge in [0.1, 0.15) is 0 Å². The molecule has 1 aromatic carbocycles. The fourth-order valence-electron chi connectivity index (χ4n) is 0.833. The molecule has 0 amide bonds. The van der Waals surface area contributed by atoms with Crippen molar-refractivity contribution in [3.8, 4) is 5.75 Å². The van der Waals surface area contributed by atoms with Gasteiger partial charge in [-0.05, 0) is 17.7 Å². The van der Waals surface area contributed by atoms with E-state index in [2.05, 4.69) is 4.99 Å². The molecule has 1 N–H and O–H groups in total. The minimum absolute atomic E-state index is 0.155. The lowest BCUT2D eigenvalue weighted by Gasteiger charge is -1.99. The first-order valence-corrected chi connectivity index (χ1v) is 3.35. The number of aliphatic imine (C=N–C) groups is 1. The van der Waals surface area contributed by atoms with Crippen LogP contribution in [0.4, 0.5) is 8.78 Å². The molecule has 1 rings (SSSR count). The van der Waals surface area contributed by atoms with Crippen LogP contribution in [0.2, 0.25) is 0 Å². The van der Waals surface area contributed by atoms with Crippen LogP contribution in [0.3, 0.4) is 0 Å². The number of isocyanates is 1. The van der Waals surface area contributed by atoms with Gasteiger partial charge < -0.3 is 5.11 Å². The van der Waals surface area contributed by atoms with Crippen LogP contribution >= 0.6 is 0 Å². The highest BCUT2D eigenvalue weighted by Gasteiger charge is 2.08. The molecule has 0 aromatic heterocycles. The van der Waals surface area contributed by atoms with Crippen molar-refractivity contribution in [3.63, 3.8) is 0 Å². The van der Waals surface area contributed by atoms with Gasteiger partial charge >= 0.3 is 0 Å². The third-order valence-electron chi connectivity index (χ3n) is 1.40. The molecule has 13 heavy (non-hydrogen) atoms. The number of hydrogen-bond acceptors (Lipinski definition) is 3. The van der Waals surface area contributed by atoms with Crippen molar-refractivity contribution >= 4 is 6.08 Å². The van der Waals surface area contributed by atoms with Gasteiger partial charge in [-0.25, -0.2) is 18.6 Å². The molecule has 0 saturated heterocycles. The smallest absolute Gasteiger partial charge is 0.235 e. The molecule has 5 heteroatoms. The molecule has 1 aromatic rings.